The lowest BCUT2D eigenvalue weighted by atomic mass is 9.98. The van der Waals surface area contributed by atoms with Crippen LogP contribution >= 0.6 is 0 Å². The first-order chi connectivity index (χ1) is 15.7. The Kier molecular flexibility index (Phi) is 6.78. The van der Waals surface area contributed by atoms with Crippen LogP contribution in [0.2, 0.25) is 0 Å². The van der Waals surface area contributed by atoms with Gasteiger partial charge in [0.1, 0.15) is 17.7 Å². The van der Waals surface area contributed by atoms with Crippen molar-refractivity contribution in [1.29, 1.82) is 0 Å². The molecule has 2 N–H and O–H groups in total. The second-order valence-electron chi connectivity index (χ2n) is 8.39. The van der Waals surface area contributed by atoms with E-state index in [1.54, 1.807) is 0 Å². The van der Waals surface area contributed by atoms with Crippen molar-refractivity contribution in [3.63, 3.8) is 0 Å². The van der Waals surface area contributed by atoms with Gasteiger partial charge < -0.3 is 14.8 Å². The standard InChI is InChI=1S/C21H27F2N5O4S/c1-12-10-25-21(26-14-8-15(22)20(16(23)9-14)24-4-6-29)27-19(12)18-7-13-11-28(33(2,30)31)5-3-17(13)32-18/h7-8,12,15-16,29H,3-6,9-11H2,1-2H3,(H,25,26). The number of guanidine groups is 1. The van der Waals surface area contributed by atoms with Crippen molar-refractivity contribution in [2.75, 3.05) is 32.5 Å². The predicted octanol–water partition coefficient (Wildman–Crippen LogP) is 1.38. The summed E-state index contributed by atoms with van der Waals surface area (Å²) in [5, 5.41) is 11.7. The summed E-state index contributed by atoms with van der Waals surface area (Å²) >= 11 is 0. The van der Waals surface area contributed by atoms with E-state index in [1.807, 2.05) is 13.0 Å². The summed E-state index contributed by atoms with van der Waals surface area (Å²) in [6.07, 6.45) is -0.476. The Balaban J connectivity index is 1.52. The molecule has 1 aromatic heterocycles. The number of aliphatic imine (C=N–C) groups is 3. The minimum atomic E-state index is -3.29. The lowest BCUT2D eigenvalue weighted by molar-refractivity contribution is 0.304. The third kappa shape index (κ3) is 5.22. The predicted molar refractivity (Wildman–Crippen MR) is 121 cm³/mol. The number of halogens is 2. The smallest absolute Gasteiger partial charge is 0.222 e. The molecule has 3 aliphatic rings. The first kappa shape index (κ1) is 23.7. The highest BCUT2D eigenvalue weighted by atomic mass is 32.2. The summed E-state index contributed by atoms with van der Waals surface area (Å²) in [6, 6.07) is 1.81. The molecule has 3 atom stereocenters. The molecule has 0 radical (unpaired) electrons. The summed E-state index contributed by atoms with van der Waals surface area (Å²) in [5.74, 6) is 1.47. The van der Waals surface area contributed by atoms with E-state index >= 15 is 0 Å². The van der Waals surface area contributed by atoms with E-state index < -0.39 is 22.4 Å². The number of rotatable bonds is 5. The van der Waals surface area contributed by atoms with Gasteiger partial charge in [-0.15, -0.1) is 0 Å². The number of fused-ring (bicyclic) bond motifs is 1. The number of aliphatic hydroxyl groups is 1. The average molecular weight is 484 g/mol. The van der Waals surface area contributed by atoms with Crippen molar-refractivity contribution in [1.82, 2.24) is 9.62 Å². The minimum absolute atomic E-state index is 0.0416. The van der Waals surface area contributed by atoms with Crippen LogP contribution in [0.4, 0.5) is 8.78 Å². The zero-order chi connectivity index (χ0) is 23.8. The van der Waals surface area contributed by atoms with Crippen LogP contribution in [0.1, 0.15) is 30.4 Å². The molecule has 0 spiro atoms. The van der Waals surface area contributed by atoms with Crippen LogP contribution < -0.4 is 5.32 Å². The third-order valence-corrected chi connectivity index (χ3v) is 7.03. The van der Waals surface area contributed by atoms with Crippen molar-refractivity contribution < 1.29 is 26.7 Å². The Morgan fingerprint density at radius 2 is 2.18 bits per heavy atom. The molecule has 2 aliphatic heterocycles. The highest BCUT2D eigenvalue weighted by Crippen LogP contribution is 2.27. The fourth-order valence-electron chi connectivity index (χ4n) is 4.05. The number of hydrogen-bond acceptors (Lipinski definition) is 8. The van der Waals surface area contributed by atoms with Gasteiger partial charge in [0, 0.05) is 43.1 Å². The molecule has 4 rings (SSSR count). The quantitative estimate of drug-likeness (QED) is 0.656. The summed E-state index contributed by atoms with van der Waals surface area (Å²) < 4.78 is 59.9. The van der Waals surface area contributed by atoms with Crippen LogP contribution in [-0.2, 0) is 23.0 Å². The van der Waals surface area contributed by atoms with E-state index in [2.05, 4.69) is 20.3 Å². The van der Waals surface area contributed by atoms with E-state index in [-0.39, 0.29) is 43.7 Å². The lowest BCUT2D eigenvalue weighted by Gasteiger charge is -2.24. The number of hydrogen-bond donors (Lipinski definition) is 2. The fourth-order valence-corrected chi connectivity index (χ4v) is 4.85. The van der Waals surface area contributed by atoms with E-state index in [1.165, 1.54) is 16.6 Å². The van der Waals surface area contributed by atoms with Gasteiger partial charge in [-0.2, -0.15) is 4.31 Å². The number of furan rings is 1. The van der Waals surface area contributed by atoms with Crippen molar-refractivity contribution in [3.8, 4) is 0 Å². The Morgan fingerprint density at radius 3 is 2.88 bits per heavy atom. The van der Waals surface area contributed by atoms with Crippen LogP contribution in [0.25, 0.3) is 0 Å². The Bertz CT molecular complexity index is 1140. The van der Waals surface area contributed by atoms with Crippen molar-refractivity contribution in [3.05, 3.63) is 34.9 Å². The van der Waals surface area contributed by atoms with Crippen LogP contribution in [0.15, 0.2) is 37.2 Å². The molecule has 12 heteroatoms. The minimum Gasteiger partial charge on any atom is -0.459 e. The number of allylic oxidation sites excluding steroid dienone is 2. The first-order valence-electron chi connectivity index (χ1n) is 10.8. The zero-order valence-corrected chi connectivity index (χ0v) is 19.3. The molecule has 0 saturated heterocycles. The van der Waals surface area contributed by atoms with Gasteiger partial charge in [0.15, 0.2) is 6.17 Å². The van der Waals surface area contributed by atoms with Crippen LogP contribution in [0.5, 0.6) is 0 Å². The van der Waals surface area contributed by atoms with Gasteiger partial charge in [-0.25, -0.2) is 22.2 Å². The summed E-state index contributed by atoms with van der Waals surface area (Å²) in [4.78, 5) is 12.7. The molecule has 0 amide bonds. The Labute approximate surface area is 191 Å². The van der Waals surface area contributed by atoms with Crippen molar-refractivity contribution in [2.24, 2.45) is 20.9 Å². The first-order valence-corrected chi connectivity index (χ1v) is 12.6. The molecule has 0 aromatic carbocycles. The van der Waals surface area contributed by atoms with Crippen LogP contribution in [0, 0.1) is 5.92 Å². The molecule has 9 nitrogen and oxygen atoms in total. The molecule has 3 heterocycles. The normalized spacial score (nSPS) is 27.6. The third-order valence-electron chi connectivity index (χ3n) is 5.78. The summed E-state index contributed by atoms with van der Waals surface area (Å²) in [5.41, 5.74) is 1.54. The van der Waals surface area contributed by atoms with Crippen molar-refractivity contribution in [2.45, 2.75) is 38.7 Å². The maximum Gasteiger partial charge on any atom is 0.222 e. The summed E-state index contributed by atoms with van der Waals surface area (Å²) in [6.45, 7) is 2.66. The van der Waals surface area contributed by atoms with E-state index in [0.29, 0.717) is 36.7 Å². The number of nitrogens with one attached hydrogen (secondary N) is 1. The van der Waals surface area contributed by atoms with Gasteiger partial charge in [0.05, 0.1) is 37.4 Å². The number of alkyl halides is 2. The molecule has 0 bridgehead atoms. The Hall–Kier alpha value is -2.44. The van der Waals surface area contributed by atoms with Gasteiger partial charge in [-0.1, -0.05) is 6.92 Å². The molecule has 3 unspecified atom stereocenters. The van der Waals surface area contributed by atoms with Crippen LogP contribution in [-0.4, -0.2) is 80.1 Å². The highest BCUT2D eigenvalue weighted by molar-refractivity contribution is 7.88. The largest absolute Gasteiger partial charge is 0.459 e. The SMILES string of the molecule is CC1CN=C(NC2=CC(F)C(=NCCO)C(F)C2)N=C1c1cc2c(o1)CCN(S(C)(=O)=O)C2. The maximum absolute atomic E-state index is 14.4. The maximum atomic E-state index is 14.4. The highest BCUT2D eigenvalue weighted by Gasteiger charge is 2.31. The number of nitrogens with zero attached hydrogens (tertiary/aromatic N) is 4. The van der Waals surface area contributed by atoms with Crippen molar-refractivity contribution >= 4 is 27.4 Å². The van der Waals surface area contributed by atoms with Gasteiger partial charge >= 0.3 is 0 Å². The van der Waals surface area contributed by atoms with E-state index in [9.17, 15) is 17.2 Å². The molecule has 0 saturated carbocycles. The molecule has 0 fully saturated rings. The second-order valence-corrected chi connectivity index (χ2v) is 10.4. The lowest BCUT2D eigenvalue weighted by Crippen LogP contribution is -2.37. The molecule has 1 aromatic rings. The molecule has 33 heavy (non-hydrogen) atoms. The molecule has 180 valence electrons. The molecular formula is C21H27F2N5O4S. The zero-order valence-electron chi connectivity index (χ0n) is 18.5. The van der Waals surface area contributed by atoms with Gasteiger partial charge in [0.25, 0.3) is 0 Å². The van der Waals surface area contributed by atoms with Gasteiger partial charge in [-0.3, -0.25) is 9.98 Å². The monoisotopic (exact) mass is 483 g/mol. The average Bonchev–Trinajstić information content (AvgIpc) is 3.17. The molecular weight excluding hydrogens is 456 g/mol. The molecule has 1 aliphatic carbocycles. The summed E-state index contributed by atoms with van der Waals surface area (Å²) in [7, 11) is -3.29. The fraction of sp³-hybridized carbons (Fsp3) is 0.571. The number of sulfonamides is 1. The second kappa shape index (κ2) is 9.43. The number of aliphatic hydroxyl groups excluding tert-OH is 1. The van der Waals surface area contributed by atoms with E-state index in [0.717, 1.165) is 11.3 Å². The van der Waals surface area contributed by atoms with Crippen LogP contribution in [0.3, 0.4) is 0 Å². The van der Waals surface area contributed by atoms with Gasteiger partial charge in [-0.05, 0) is 12.1 Å². The topological polar surface area (TPSA) is 120 Å². The van der Waals surface area contributed by atoms with E-state index in [4.69, 9.17) is 9.52 Å². The van der Waals surface area contributed by atoms with Gasteiger partial charge in [0.2, 0.25) is 16.0 Å². The Morgan fingerprint density at radius 1 is 1.39 bits per heavy atom.